The van der Waals surface area contributed by atoms with Crippen molar-refractivity contribution in [3.05, 3.63) is 21.3 Å². The Bertz CT molecular complexity index is 339. The van der Waals surface area contributed by atoms with E-state index in [9.17, 15) is 0 Å². The highest BCUT2D eigenvalue weighted by Crippen LogP contribution is 2.31. The van der Waals surface area contributed by atoms with E-state index < -0.39 is 0 Å². The number of hydrogen-bond acceptors (Lipinski definition) is 3. The monoisotopic (exact) mass is 244 g/mol. The van der Waals surface area contributed by atoms with E-state index in [1.54, 1.807) is 11.3 Å². The SMILES string of the molecule is CC1(CN)CCN(Cc2ccsc2Cl)C1. The zero-order chi connectivity index (χ0) is 10.9. The minimum atomic E-state index is 0.308. The molecule has 2 rings (SSSR count). The first-order valence-corrected chi connectivity index (χ1v) is 6.53. The predicted molar refractivity (Wildman–Crippen MR) is 66.4 cm³/mol. The fraction of sp³-hybridized carbons (Fsp3) is 0.636. The molecule has 1 atom stereocenters. The Hall–Kier alpha value is -0.0900. The molecule has 0 bridgehead atoms. The molecule has 1 aliphatic heterocycles. The molecule has 0 spiro atoms. The summed E-state index contributed by atoms with van der Waals surface area (Å²) < 4.78 is 0.927. The van der Waals surface area contributed by atoms with Crippen molar-refractivity contribution in [2.75, 3.05) is 19.6 Å². The number of likely N-dealkylation sites (tertiary alicyclic amines) is 1. The average Bonchev–Trinajstić information content (AvgIpc) is 2.77. The number of thiophene rings is 1. The molecular formula is C11H17ClN2S. The Morgan fingerprint density at radius 1 is 1.67 bits per heavy atom. The molecule has 1 aromatic heterocycles. The Balaban J connectivity index is 1.96. The number of halogens is 1. The highest BCUT2D eigenvalue weighted by molar-refractivity contribution is 7.14. The fourth-order valence-electron chi connectivity index (χ4n) is 2.10. The van der Waals surface area contributed by atoms with E-state index in [4.69, 9.17) is 17.3 Å². The zero-order valence-corrected chi connectivity index (χ0v) is 10.6. The van der Waals surface area contributed by atoms with Crippen LogP contribution in [0.3, 0.4) is 0 Å². The van der Waals surface area contributed by atoms with Gasteiger partial charge in [-0.25, -0.2) is 0 Å². The molecular weight excluding hydrogens is 228 g/mol. The van der Waals surface area contributed by atoms with Crippen molar-refractivity contribution in [2.45, 2.75) is 19.9 Å². The Morgan fingerprint density at radius 2 is 2.47 bits per heavy atom. The number of nitrogens with zero attached hydrogens (tertiary/aromatic N) is 1. The van der Waals surface area contributed by atoms with Gasteiger partial charge in [0, 0.05) is 13.1 Å². The van der Waals surface area contributed by atoms with Gasteiger partial charge in [-0.15, -0.1) is 11.3 Å². The summed E-state index contributed by atoms with van der Waals surface area (Å²) in [5.41, 5.74) is 7.34. The summed E-state index contributed by atoms with van der Waals surface area (Å²) in [7, 11) is 0. The minimum absolute atomic E-state index is 0.308. The standard InChI is InChI=1S/C11H17ClN2S/c1-11(7-13)3-4-14(8-11)6-9-2-5-15-10(9)12/h2,5H,3-4,6-8,13H2,1H3. The first-order valence-electron chi connectivity index (χ1n) is 5.27. The van der Waals surface area contributed by atoms with Crippen molar-refractivity contribution in [3.8, 4) is 0 Å². The van der Waals surface area contributed by atoms with E-state index in [1.807, 2.05) is 0 Å². The number of nitrogens with two attached hydrogens (primary N) is 1. The second kappa shape index (κ2) is 4.42. The van der Waals surface area contributed by atoms with Crippen LogP contribution in [0.1, 0.15) is 18.9 Å². The van der Waals surface area contributed by atoms with Crippen LogP contribution >= 0.6 is 22.9 Å². The van der Waals surface area contributed by atoms with E-state index in [0.717, 1.165) is 30.5 Å². The number of rotatable bonds is 3. The molecule has 1 unspecified atom stereocenters. The highest BCUT2D eigenvalue weighted by Gasteiger charge is 2.32. The van der Waals surface area contributed by atoms with Crippen molar-refractivity contribution in [2.24, 2.45) is 11.1 Å². The maximum absolute atomic E-state index is 6.09. The van der Waals surface area contributed by atoms with Crippen LogP contribution in [0.15, 0.2) is 11.4 Å². The van der Waals surface area contributed by atoms with Crippen molar-refractivity contribution in [3.63, 3.8) is 0 Å². The summed E-state index contributed by atoms with van der Waals surface area (Å²) >= 11 is 7.70. The fourth-order valence-corrected chi connectivity index (χ4v) is 3.01. The lowest BCUT2D eigenvalue weighted by molar-refractivity contribution is 0.275. The lowest BCUT2D eigenvalue weighted by Gasteiger charge is -2.22. The van der Waals surface area contributed by atoms with Crippen LogP contribution in [0, 0.1) is 5.41 Å². The second-order valence-corrected chi connectivity index (χ2v) is 6.21. The van der Waals surface area contributed by atoms with Gasteiger partial charge in [0.2, 0.25) is 0 Å². The first-order chi connectivity index (χ1) is 7.13. The lowest BCUT2D eigenvalue weighted by Crippen LogP contribution is -2.31. The average molecular weight is 245 g/mol. The molecule has 1 saturated heterocycles. The predicted octanol–water partition coefficient (Wildman–Crippen LogP) is 2.57. The molecule has 84 valence electrons. The van der Waals surface area contributed by atoms with Crippen molar-refractivity contribution < 1.29 is 0 Å². The Kier molecular flexibility index (Phi) is 3.36. The van der Waals surface area contributed by atoms with Crippen LogP contribution in [0.4, 0.5) is 0 Å². The zero-order valence-electron chi connectivity index (χ0n) is 9.00. The van der Waals surface area contributed by atoms with Crippen LogP contribution in [0.5, 0.6) is 0 Å². The molecule has 1 fully saturated rings. The van der Waals surface area contributed by atoms with E-state index >= 15 is 0 Å². The van der Waals surface area contributed by atoms with Crippen molar-refractivity contribution >= 4 is 22.9 Å². The molecule has 0 amide bonds. The van der Waals surface area contributed by atoms with Gasteiger partial charge in [0.05, 0.1) is 4.34 Å². The maximum Gasteiger partial charge on any atom is 0.0973 e. The van der Waals surface area contributed by atoms with Gasteiger partial charge in [0.1, 0.15) is 0 Å². The quantitative estimate of drug-likeness (QED) is 0.886. The Morgan fingerprint density at radius 3 is 3.00 bits per heavy atom. The van der Waals surface area contributed by atoms with Gasteiger partial charge in [0.25, 0.3) is 0 Å². The maximum atomic E-state index is 6.09. The summed E-state index contributed by atoms with van der Waals surface area (Å²) in [4.78, 5) is 2.45. The molecule has 2 heterocycles. The molecule has 1 aromatic rings. The van der Waals surface area contributed by atoms with Crippen LogP contribution in [-0.4, -0.2) is 24.5 Å². The third-order valence-corrected chi connectivity index (χ3v) is 4.47. The topological polar surface area (TPSA) is 29.3 Å². The third-order valence-electron chi connectivity index (χ3n) is 3.22. The molecule has 15 heavy (non-hydrogen) atoms. The van der Waals surface area contributed by atoms with Crippen molar-refractivity contribution in [1.82, 2.24) is 4.90 Å². The summed E-state index contributed by atoms with van der Waals surface area (Å²) in [6.07, 6.45) is 1.20. The van der Waals surface area contributed by atoms with E-state index in [0.29, 0.717) is 5.41 Å². The molecule has 0 aromatic carbocycles. The lowest BCUT2D eigenvalue weighted by atomic mass is 9.90. The van der Waals surface area contributed by atoms with Crippen molar-refractivity contribution in [1.29, 1.82) is 0 Å². The smallest absolute Gasteiger partial charge is 0.0973 e. The van der Waals surface area contributed by atoms with E-state index in [-0.39, 0.29) is 0 Å². The molecule has 2 nitrogen and oxygen atoms in total. The van der Waals surface area contributed by atoms with Crippen LogP contribution in [0.25, 0.3) is 0 Å². The normalized spacial score (nSPS) is 27.4. The molecule has 0 saturated carbocycles. The van der Waals surface area contributed by atoms with Gasteiger partial charge < -0.3 is 5.73 Å². The molecule has 0 aliphatic carbocycles. The van der Waals surface area contributed by atoms with E-state index in [2.05, 4.69) is 23.3 Å². The molecule has 4 heteroatoms. The molecule has 0 radical (unpaired) electrons. The van der Waals surface area contributed by atoms with Crippen LogP contribution < -0.4 is 5.73 Å². The van der Waals surface area contributed by atoms with Crippen LogP contribution in [-0.2, 0) is 6.54 Å². The van der Waals surface area contributed by atoms with E-state index in [1.165, 1.54) is 12.0 Å². The first kappa shape index (κ1) is 11.4. The summed E-state index contributed by atoms with van der Waals surface area (Å²) in [6, 6.07) is 2.12. The van der Waals surface area contributed by atoms with Crippen LogP contribution in [0.2, 0.25) is 4.34 Å². The molecule has 1 aliphatic rings. The minimum Gasteiger partial charge on any atom is -0.330 e. The van der Waals surface area contributed by atoms with Gasteiger partial charge in [0.15, 0.2) is 0 Å². The van der Waals surface area contributed by atoms with Gasteiger partial charge in [-0.1, -0.05) is 18.5 Å². The highest BCUT2D eigenvalue weighted by atomic mass is 35.5. The van der Waals surface area contributed by atoms with Gasteiger partial charge >= 0.3 is 0 Å². The van der Waals surface area contributed by atoms with Gasteiger partial charge in [-0.05, 0) is 41.9 Å². The summed E-state index contributed by atoms with van der Waals surface area (Å²) in [5, 5.41) is 2.05. The van der Waals surface area contributed by atoms with Gasteiger partial charge in [-0.2, -0.15) is 0 Å². The third kappa shape index (κ3) is 2.53. The molecule has 2 N–H and O–H groups in total. The summed E-state index contributed by atoms with van der Waals surface area (Å²) in [5.74, 6) is 0. The Labute approximate surface area is 100 Å². The largest absolute Gasteiger partial charge is 0.330 e. The second-order valence-electron chi connectivity index (χ2n) is 4.69. The number of hydrogen-bond donors (Lipinski definition) is 1. The summed E-state index contributed by atoms with van der Waals surface area (Å²) in [6.45, 7) is 6.25. The van der Waals surface area contributed by atoms with Gasteiger partial charge in [-0.3, -0.25) is 4.90 Å².